The van der Waals surface area contributed by atoms with Crippen LogP contribution in [-0.4, -0.2) is 63.3 Å². The van der Waals surface area contributed by atoms with Gasteiger partial charge in [-0.25, -0.2) is 0 Å². The molecule has 2 rings (SSSR count). The van der Waals surface area contributed by atoms with Crippen LogP contribution in [0.1, 0.15) is 13.3 Å². The third-order valence-electron chi connectivity index (χ3n) is 3.69. The van der Waals surface area contributed by atoms with Gasteiger partial charge in [0.25, 0.3) is 5.91 Å². The molecule has 128 valence electrons. The summed E-state index contributed by atoms with van der Waals surface area (Å²) >= 11 is 0. The molecule has 0 unspecified atom stereocenters. The van der Waals surface area contributed by atoms with Gasteiger partial charge in [-0.05, 0) is 32.0 Å². The predicted octanol–water partition coefficient (Wildman–Crippen LogP) is 0.876. The van der Waals surface area contributed by atoms with E-state index in [1.165, 1.54) is 0 Å². The number of hydrogen-bond donors (Lipinski definition) is 2. The van der Waals surface area contributed by atoms with Gasteiger partial charge < -0.3 is 25.0 Å². The number of piperazine rings is 1. The van der Waals surface area contributed by atoms with Crippen LogP contribution in [-0.2, 0) is 4.79 Å². The van der Waals surface area contributed by atoms with E-state index < -0.39 is 0 Å². The molecule has 0 atom stereocenters. The van der Waals surface area contributed by atoms with Crippen molar-refractivity contribution in [1.29, 1.82) is 0 Å². The minimum absolute atomic E-state index is 0.0116. The van der Waals surface area contributed by atoms with Crippen molar-refractivity contribution < 1.29 is 14.3 Å². The minimum atomic E-state index is -0.100. The molecular formula is C17H27N3O3. The van der Waals surface area contributed by atoms with Crippen molar-refractivity contribution in [2.45, 2.75) is 13.3 Å². The van der Waals surface area contributed by atoms with Crippen LogP contribution in [0.25, 0.3) is 0 Å². The van der Waals surface area contributed by atoms with Crippen LogP contribution in [0.3, 0.4) is 0 Å². The Morgan fingerprint density at radius 2 is 1.91 bits per heavy atom. The van der Waals surface area contributed by atoms with Gasteiger partial charge in [-0.1, -0.05) is 12.1 Å². The maximum atomic E-state index is 11.8. The van der Waals surface area contributed by atoms with E-state index in [0.29, 0.717) is 24.7 Å². The number of ether oxygens (including phenoxy) is 2. The molecule has 1 aliphatic heterocycles. The Hall–Kier alpha value is -1.79. The lowest BCUT2D eigenvalue weighted by Gasteiger charge is -2.27. The molecule has 6 nitrogen and oxygen atoms in total. The lowest BCUT2D eigenvalue weighted by Crippen LogP contribution is -2.44. The van der Waals surface area contributed by atoms with Gasteiger partial charge in [0.1, 0.15) is 0 Å². The molecule has 1 heterocycles. The highest BCUT2D eigenvalue weighted by Gasteiger charge is 2.09. The number of rotatable bonds is 9. The summed E-state index contributed by atoms with van der Waals surface area (Å²) in [5, 5.41) is 6.23. The van der Waals surface area contributed by atoms with E-state index >= 15 is 0 Å². The van der Waals surface area contributed by atoms with Crippen LogP contribution in [0.5, 0.6) is 11.5 Å². The molecular weight excluding hydrogens is 294 g/mol. The average Bonchev–Trinajstić information content (AvgIpc) is 2.59. The highest BCUT2D eigenvalue weighted by molar-refractivity contribution is 5.77. The SMILES string of the molecule is CCOc1ccccc1OCC(=O)NCCCN1CCNCC1. The maximum absolute atomic E-state index is 11.8. The van der Waals surface area contributed by atoms with E-state index in [-0.39, 0.29) is 12.5 Å². The molecule has 0 radical (unpaired) electrons. The Labute approximate surface area is 138 Å². The molecule has 0 spiro atoms. The molecule has 6 heteroatoms. The topological polar surface area (TPSA) is 62.8 Å². The number of carbonyl (C=O) groups is 1. The standard InChI is InChI=1S/C17H27N3O3/c1-2-22-15-6-3-4-7-16(15)23-14-17(21)19-8-5-11-20-12-9-18-10-13-20/h3-4,6-7,18H,2,5,8-14H2,1H3,(H,19,21). The first kappa shape index (κ1) is 17.6. The second-order valence-corrected chi connectivity index (χ2v) is 5.46. The third kappa shape index (κ3) is 6.46. The summed E-state index contributed by atoms with van der Waals surface area (Å²) in [5.74, 6) is 1.17. The van der Waals surface area contributed by atoms with Crippen LogP contribution in [0.4, 0.5) is 0 Å². The van der Waals surface area contributed by atoms with E-state index in [9.17, 15) is 4.79 Å². The van der Waals surface area contributed by atoms with Crippen LogP contribution in [0.2, 0.25) is 0 Å². The molecule has 1 amide bonds. The second-order valence-electron chi connectivity index (χ2n) is 5.46. The molecule has 2 N–H and O–H groups in total. The summed E-state index contributed by atoms with van der Waals surface area (Å²) in [6, 6.07) is 7.39. The van der Waals surface area contributed by atoms with Crippen LogP contribution < -0.4 is 20.1 Å². The molecule has 1 fully saturated rings. The van der Waals surface area contributed by atoms with Gasteiger partial charge >= 0.3 is 0 Å². The minimum Gasteiger partial charge on any atom is -0.490 e. The summed E-state index contributed by atoms with van der Waals surface area (Å²) in [6.07, 6.45) is 0.960. The maximum Gasteiger partial charge on any atom is 0.257 e. The van der Waals surface area contributed by atoms with Crippen LogP contribution >= 0.6 is 0 Å². The van der Waals surface area contributed by atoms with Crippen molar-refractivity contribution in [2.75, 3.05) is 52.5 Å². The Balaban J connectivity index is 1.61. The summed E-state index contributed by atoms with van der Waals surface area (Å²) in [6.45, 7) is 8.49. The molecule has 0 aliphatic carbocycles. The Bertz CT molecular complexity index is 476. The first-order valence-corrected chi connectivity index (χ1v) is 8.34. The van der Waals surface area contributed by atoms with Crippen molar-refractivity contribution in [3.63, 3.8) is 0 Å². The van der Waals surface area contributed by atoms with E-state index in [2.05, 4.69) is 15.5 Å². The van der Waals surface area contributed by atoms with Gasteiger partial charge in [0.15, 0.2) is 18.1 Å². The smallest absolute Gasteiger partial charge is 0.257 e. The predicted molar refractivity (Wildman–Crippen MR) is 90.0 cm³/mol. The number of amides is 1. The van der Waals surface area contributed by atoms with E-state index in [0.717, 1.165) is 39.1 Å². The number of nitrogens with one attached hydrogen (secondary N) is 2. The Morgan fingerprint density at radius 1 is 1.22 bits per heavy atom. The number of para-hydroxylation sites is 2. The fourth-order valence-corrected chi connectivity index (χ4v) is 2.50. The normalized spacial score (nSPS) is 15.2. The largest absolute Gasteiger partial charge is 0.490 e. The van der Waals surface area contributed by atoms with Gasteiger partial charge in [-0.3, -0.25) is 4.79 Å². The molecule has 0 aromatic heterocycles. The van der Waals surface area contributed by atoms with Crippen LogP contribution in [0, 0.1) is 0 Å². The fourth-order valence-electron chi connectivity index (χ4n) is 2.50. The number of nitrogens with zero attached hydrogens (tertiary/aromatic N) is 1. The summed E-state index contributed by atoms with van der Waals surface area (Å²) in [7, 11) is 0. The quantitative estimate of drug-likeness (QED) is 0.661. The van der Waals surface area contributed by atoms with Gasteiger partial charge in [0.05, 0.1) is 6.61 Å². The molecule has 0 bridgehead atoms. The Morgan fingerprint density at radius 3 is 2.61 bits per heavy atom. The lowest BCUT2D eigenvalue weighted by molar-refractivity contribution is -0.123. The van der Waals surface area contributed by atoms with Gasteiger partial charge in [0.2, 0.25) is 0 Å². The number of carbonyl (C=O) groups excluding carboxylic acids is 1. The zero-order valence-electron chi connectivity index (χ0n) is 13.8. The van der Waals surface area contributed by atoms with Crippen molar-refractivity contribution >= 4 is 5.91 Å². The lowest BCUT2D eigenvalue weighted by atomic mass is 10.3. The zero-order valence-corrected chi connectivity index (χ0v) is 13.8. The first-order chi connectivity index (χ1) is 11.3. The van der Waals surface area contributed by atoms with Gasteiger partial charge in [0, 0.05) is 32.7 Å². The highest BCUT2D eigenvalue weighted by Crippen LogP contribution is 2.26. The van der Waals surface area contributed by atoms with E-state index in [4.69, 9.17) is 9.47 Å². The highest BCUT2D eigenvalue weighted by atomic mass is 16.5. The molecule has 1 aromatic rings. The summed E-state index contributed by atoms with van der Waals surface area (Å²) < 4.78 is 11.0. The van der Waals surface area contributed by atoms with Gasteiger partial charge in [-0.15, -0.1) is 0 Å². The van der Waals surface area contributed by atoms with Crippen molar-refractivity contribution in [3.05, 3.63) is 24.3 Å². The van der Waals surface area contributed by atoms with Crippen molar-refractivity contribution in [3.8, 4) is 11.5 Å². The van der Waals surface area contributed by atoms with Crippen molar-refractivity contribution in [1.82, 2.24) is 15.5 Å². The number of benzene rings is 1. The van der Waals surface area contributed by atoms with E-state index in [1.807, 2.05) is 31.2 Å². The fraction of sp³-hybridized carbons (Fsp3) is 0.588. The van der Waals surface area contributed by atoms with Crippen molar-refractivity contribution in [2.24, 2.45) is 0 Å². The molecule has 1 aliphatic rings. The monoisotopic (exact) mass is 321 g/mol. The van der Waals surface area contributed by atoms with Crippen LogP contribution in [0.15, 0.2) is 24.3 Å². The summed E-state index contributed by atoms with van der Waals surface area (Å²) in [4.78, 5) is 14.3. The second kappa shape index (κ2) is 10.1. The first-order valence-electron chi connectivity index (χ1n) is 8.34. The average molecular weight is 321 g/mol. The molecule has 23 heavy (non-hydrogen) atoms. The summed E-state index contributed by atoms with van der Waals surface area (Å²) in [5.41, 5.74) is 0. The zero-order chi connectivity index (χ0) is 16.3. The number of hydrogen-bond acceptors (Lipinski definition) is 5. The third-order valence-corrected chi connectivity index (χ3v) is 3.69. The van der Waals surface area contributed by atoms with Gasteiger partial charge in [-0.2, -0.15) is 0 Å². The molecule has 0 saturated carbocycles. The van der Waals surface area contributed by atoms with E-state index in [1.54, 1.807) is 0 Å². The molecule has 1 aromatic carbocycles. The molecule has 1 saturated heterocycles. The Kier molecular flexibility index (Phi) is 7.69.